The summed E-state index contributed by atoms with van der Waals surface area (Å²) in [6, 6.07) is 0.733. The number of piperidine rings is 2. The smallest absolute Gasteiger partial charge is 0.212 e. The summed E-state index contributed by atoms with van der Waals surface area (Å²) in [6.45, 7) is 3.35. The highest BCUT2D eigenvalue weighted by molar-refractivity contribution is 7.90. The molecule has 0 atom stereocenters. The van der Waals surface area contributed by atoms with Crippen molar-refractivity contribution in [2.24, 2.45) is 10.3 Å². The monoisotopic (exact) mass is 488 g/mol. The van der Waals surface area contributed by atoms with Crippen molar-refractivity contribution in [1.82, 2.24) is 10.2 Å². The van der Waals surface area contributed by atoms with Crippen molar-refractivity contribution >= 4 is 38.2 Å². The van der Waals surface area contributed by atoms with Gasteiger partial charge in [-0.3, -0.25) is 4.79 Å². The number of nitrogens with two attached hydrogens (primary N) is 2. The Morgan fingerprint density at radius 3 is 1.47 bits per heavy atom. The minimum atomic E-state index is -3.29. The highest BCUT2D eigenvalue weighted by atomic mass is 35.5. The predicted octanol–water partition coefficient (Wildman–Crippen LogP) is 0.480. The van der Waals surface area contributed by atoms with E-state index in [-0.39, 0.29) is 22.9 Å². The van der Waals surface area contributed by atoms with Crippen LogP contribution >= 0.6 is 12.4 Å². The second-order valence-electron chi connectivity index (χ2n) is 8.34. The number of sulfonamides is 2. The van der Waals surface area contributed by atoms with Crippen LogP contribution in [0.15, 0.2) is 0 Å². The molecule has 5 N–H and O–H groups in total. The van der Waals surface area contributed by atoms with Gasteiger partial charge in [-0.05, 0) is 71.1 Å². The molecule has 0 radical (unpaired) electrons. The van der Waals surface area contributed by atoms with Crippen LogP contribution in [0.4, 0.5) is 0 Å². The number of primary sulfonamides is 2. The molecule has 30 heavy (non-hydrogen) atoms. The van der Waals surface area contributed by atoms with E-state index in [1.54, 1.807) is 0 Å². The van der Waals surface area contributed by atoms with E-state index in [0.29, 0.717) is 18.6 Å². The molecule has 2 saturated heterocycles. The number of Topliss-reactive ketones (excluding diaryl/α,β-unsaturated/α-hetero) is 1. The Bertz CT molecular complexity index is 724. The molecule has 0 aromatic carbocycles. The lowest BCUT2D eigenvalue weighted by Crippen LogP contribution is -2.48. The van der Waals surface area contributed by atoms with Crippen LogP contribution in [0.2, 0.25) is 0 Å². The zero-order valence-corrected chi connectivity index (χ0v) is 19.9. The van der Waals surface area contributed by atoms with Gasteiger partial charge in [-0.25, -0.2) is 27.1 Å². The predicted molar refractivity (Wildman–Crippen MR) is 120 cm³/mol. The third-order valence-electron chi connectivity index (χ3n) is 6.19. The third kappa shape index (κ3) is 9.46. The highest BCUT2D eigenvalue weighted by Crippen LogP contribution is 2.28. The molecule has 0 aromatic heterocycles. The second-order valence-corrected chi connectivity index (χ2v) is 12.0. The average molecular weight is 489 g/mol. The molecule has 2 saturated carbocycles. The normalized spacial score (nSPS) is 24.1. The summed E-state index contributed by atoms with van der Waals surface area (Å²) < 4.78 is 43.7. The van der Waals surface area contributed by atoms with Crippen LogP contribution in [0, 0.1) is 0 Å². The number of ketones is 1. The van der Waals surface area contributed by atoms with Gasteiger partial charge in [0.25, 0.3) is 0 Å². The molecule has 2 aliphatic heterocycles. The number of hydrogen-bond donors (Lipinski definition) is 3. The van der Waals surface area contributed by atoms with E-state index < -0.39 is 20.0 Å². The van der Waals surface area contributed by atoms with E-state index in [9.17, 15) is 21.6 Å². The molecule has 0 bridgehead atoms. The van der Waals surface area contributed by atoms with Crippen LogP contribution in [0.25, 0.3) is 0 Å². The Hall–Kier alpha value is -0.300. The van der Waals surface area contributed by atoms with E-state index in [2.05, 4.69) is 10.2 Å². The molecule has 4 aliphatic rings. The Morgan fingerprint density at radius 1 is 0.767 bits per heavy atom. The Balaban J connectivity index is 0.000000246. The van der Waals surface area contributed by atoms with Crippen molar-refractivity contribution in [1.29, 1.82) is 0 Å². The molecule has 0 amide bonds. The number of carbonyl (C=O) groups is 1. The van der Waals surface area contributed by atoms with Gasteiger partial charge in [0.1, 0.15) is 5.78 Å². The fourth-order valence-corrected chi connectivity index (χ4v) is 5.53. The van der Waals surface area contributed by atoms with E-state index in [1.165, 1.54) is 19.3 Å². The summed E-state index contributed by atoms with van der Waals surface area (Å²) in [4.78, 5) is 12.3. The van der Waals surface area contributed by atoms with Gasteiger partial charge in [0.05, 0.1) is 10.5 Å². The maximum Gasteiger partial charge on any atom is 0.212 e. The lowest BCUT2D eigenvalue weighted by Gasteiger charge is -2.41. The van der Waals surface area contributed by atoms with E-state index in [0.717, 1.165) is 64.3 Å². The van der Waals surface area contributed by atoms with Crippen LogP contribution in [-0.4, -0.2) is 70.2 Å². The Labute approximate surface area is 187 Å². The first-order chi connectivity index (χ1) is 13.6. The zero-order chi connectivity index (χ0) is 21.5. The van der Waals surface area contributed by atoms with E-state index in [4.69, 9.17) is 10.3 Å². The van der Waals surface area contributed by atoms with Crippen molar-refractivity contribution in [2.45, 2.75) is 80.7 Å². The molecule has 2 heterocycles. The average Bonchev–Trinajstić information content (AvgIpc) is 2.59. The maximum absolute atomic E-state index is 11.1. The Morgan fingerprint density at radius 2 is 1.20 bits per heavy atom. The van der Waals surface area contributed by atoms with Crippen LogP contribution in [0.3, 0.4) is 0 Å². The number of likely N-dealkylation sites (tertiary alicyclic amines) is 1. The van der Waals surface area contributed by atoms with Crippen LogP contribution in [-0.2, 0) is 24.8 Å². The summed E-state index contributed by atoms with van der Waals surface area (Å²) in [5.74, 6) is 0.435. The standard InChI is InChI=1S/C9H18N2O2S.C5H12N2O2S.C4H6O.ClH/c10-14(12,13)9-4-6-11(7-5-9)8-2-1-3-8;6-10(8,9)5-1-3-7-4-2-5;5-4-2-1-3-4;/h8-9H,1-7H2,(H2,10,12,13);5,7H,1-4H2,(H2,6,8,9);1-3H2;1H. The maximum atomic E-state index is 11.1. The number of carbonyl (C=O) groups excluding carboxylic acids is 1. The van der Waals surface area contributed by atoms with E-state index in [1.807, 2.05) is 0 Å². The van der Waals surface area contributed by atoms with Crippen LogP contribution < -0.4 is 15.6 Å². The van der Waals surface area contributed by atoms with Crippen molar-refractivity contribution in [2.75, 3.05) is 26.2 Å². The first-order valence-corrected chi connectivity index (χ1v) is 13.8. The highest BCUT2D eigenvalue weighted by Gasteiger charge is 2.32. The topological polar surface area (TPSA) is 153 Å². The minimum Gasteiger partial charge on any atom is -0.317 e. The van der Waals surface area contributed by atoms with Gasteiger partial charge in [-0.15, -0.1) is 12.4 Å². The molecule has 0 spiro atoms. The molecule has 12 heteroatoms. The fourth-order valence-electron chi connectivity index (χ4n) is 3.77. The molecule has 9 nitrogen and oxygen atoms in total. The van der Waals surface area contributed by atoms with Crippen LogP contribution in [0.5, 0.6) is 0 Å². The minimum absolute atomic E-state index is 0. The van der Waals surface area contributed by atoms with Gasteiger partial charge in [0, 0.05) is 18.9 Å². The molecule has 0 aromatic rings. The first kappa shape index (κ1) is 27.7. The second kappa shape index (κ2) is 12.7. The molecule has 4 rings (SSSR count). The Kier molecular flexibility index (Phi) is 11.7. The van der Waals surface area contributed by atoms with Gasteiger partial charge in [0.2, 0.25) is 20.0 Å². The quantitative estimate of drug-likeness (QED) is 0.522. The van der Waals surface area contributed by atoms with Gasteiger partial charge >= 0.3 is 0 Å². The van der Waals surface area contributed by atoms with Gasteiger partial charge in [-0.2, -0.15) is 0 Å². The number of hydrogen-bond acceptors (Lipinski definition) is 7. The van der Waals surface area contributed by atoms with E-state index >= 15 is 0 Å². The first-order valence-electron chi connectivity index (χ1n) is 10.6. The summed E-state index contributed by atoms with van der Waals surface area (Å²) >= 11 is 0. The molecule has 178 valence electrons. The zero-order valence-electron chi connectivity index (χ0n) is 17.5. The number of rotatable bonds is 3. The van der Waals surface area contributed by atoms with Gasteiger partial charge in [0.15, 0.2) is 0 Å². The van der Waals surface area contributed by atoms with Crippen molar-refractivity contribution in [3.05, 3.63) is 0 Å². The molecule has 4 fully saturated rings. The SMILES string of the molecule is Cl.NS(=O)(=O)C1CCN(C2CCC2)CC1.NS(=O)(=O)C1CCNCC1.O=C1CCC1. The molecular weight excluding hydrogens is 452 g/mol. The van der Waals surface area contributed by atoms with Gasteiger partial charge in [-0.1, -0.05) is 6.42 Å². The molecule has 0 unspecified atom stereocenters. The van der Waals surface area contributed by atoms with Crippen LogP contribution in [0.1, 0.15) is 64.2 Å². The van der Waals surface area contributed by atoms with Crippen molar-refractivity contribution in [3.8, 4) is 0 Å². The van der Waals surface area contributed by atoms with Gasteiger partial charge < -0.3 is 10.2 Å². The fraction of sp³-hybridized carbons (Fsp3) is 0.944. The molecular formula is C18H37ClN4O5S2. The lowest BCUT2D eigenvalue weighted by atomic mass is 9.90. The number of halogens is 1. The number of nitrogens with zero attached hydrogens (tertiary/aromatic N) is 1. The van der Waals surface area contributed by atoms with Crippen molar-refractivity contribution < 1.29 is 21.6 Å². The largest absolute Gasteiger partial charge is 0.317 e. The summed E-state index contributed by atoms with van der Waals surface area (Å²) in [5.41, 5.74) is 0. The lowest BCUT2D eigenvalue weighted by molar-refractivity contribution is -0.123. The third-order valence-corrected chi connectivity index (χ3v) is 9.00. The number of nitrogens with one attached hydrogen (secondary N) is 1. The molecule has 2 aliphatic carbocycles. The summed E-state index contributed by atoms with van der Waals surface area (Å²) in [7, 11) is -6.56. The van der Waals surface area contributed by atoms with Crippen molar-refractivity contribution in [3.63, 3.8) is 0 Å². The summed E-state index contributed by atoms with van der Waals surface area (Å²) in [6.07, 6.45) is 9.49. The summed E-state index contributed by atoms with van der Waals surface area (Å²) in [5, 5.41) is 12.5.